The fourth-order valence-electron chi connectivity index (χ4n) is 1.83. The second-order valence-corrected chi connectivity index (χ2v) is 4.67. The maximum absolute atomic E-state index is 11.5. The van der Waals surface area contributed by atoms with E-state index >= 15 is 0 Å². The predicted molar refractivity (Wildman–Crippen MR) is 77.9 cm³/mol. The first-order valence-electron chi connectivity index (χ1n) is 6.52. The van der Waals surface area contributed by atoms with E-state index in [1.54, 1.807) is 18.5 Å². The van der Waals surface area contributed by atoms with Crippen LogP contribution in [0, 0.1) is 0 Å². The molecule has 0 radical (unpaired) electrons. The van der Waals surface area contributed by atoms with Crippen molar-refractivity contribution in [2.45, 2.75) is 20.4 Å². The molecule has 104 valence electrons. The van der Waals surface area contributed by atoms with Crippen LogP contribution in [-0.2, 0) is 11.3 Å². The first-order chi connectivity index (χ1) is 9.66. The predicted octanol–water partition coefficient (Wildman–Crippen LogP) is 2.03. The second-order valence-electron chi connectivity index (χ2n) is 4.67. The molecule has 2 rings (SSSR count). The van der Waals surface area contributed by atoms with Crippen LogP contribution >= 0.6 is 0 Å². The minimum Gasteiger partial charge on any atom is -0.351 e. The number of allylic oxidation sites excluding steroid dienone is 1. The lowest BCUT2D eigenvalue weighted by Gasteiger charge is -2.07. The summed E-state index contributed by atoms with van der Waals surface area (Å²) in [4.78, 5) is 20.1. The van der Waals surface area contributed by atoms with Gasteiger partial charge >= 0.3 is 0 Å². The molecule has 2 aromatic rings. The molecule has 5 nitrogen and oxygen atoms in total. The molecule has 0 unspecified atom stereocenters. The summed E-state index contributed by atoms with van der Waals surface area (Å²) >= 11 is 0. The van der Waals surface area contributed by atoms with Crippen LogP contribution in [0.3, 0.4) is 0 Å². The van der Waals surface area contributed by atoms with E-state index in [0.717, 1.165) is 17.1 Å². The Morgan fingerprint density at radius 2 is 2.15 bits per heavy atom. The lowest BCUT2D eigenvalue weighted by molar-refractivity contribution is -0.116. The van der Waals surface area contributed by atoms with Gasteiger partial charge in [-0.3, -0.25) is 9.78 Å². The second kappa shape index (κ2) is 6.65. The number of pyridine rings is 1. The van der Waals surface area contributed by atoms with Crippen LogP contribution in [0.1, 0.15) is 13.8 Å². The number of nitrogens with zero attached hydrogens (tertiary/aromatic N) is 3. The molecule has 1 amide bonds. The van der Waals surface area contributed by atoms with Gasteiger partial charge in [-0.05, 0) is 26.0 Å². The Balaban J connectivity index is 1.97. The van der Waals surface area contributed by atoms with Crippen molar-refractivity contribution in [2.75, 3.05) is 6.54 Å². The van der Waals surface area contributed by atoms with Gasteiger partial charge in [0.25, 0.3) is 0 Å². The Kier molecular flexibility index (Phi) is 4.65. The number of rotatable bonds is 5. The molecule has 2 heterocycles. The number of hydrogen-bond donors (Lipinski definition) is 1. The normalized spacial score (nSPS) is 10.1. The van der Waals surface area contributed by atoms with Gasteiger partial charge in [0.05, 0.1) is 0 Å². The average molecular weight is 270 g/mol. The van der Waals surface area contributed by atoms with Crippen molar-refractivity contribution >= 4 is 5.91 Å². The lowest BCUT2D eigenvalue weighted by atomic mass is 10.3. The molecular weight excluding hydrogens is 252 g/mol. The van der Waals surface area contributed by atoms with Gasteiger partial charge in [-0.25, -0.2) is 4.98 Å². The topological polar surface area (TPSA) is 59.8 Å². The minimum absolute atomic E-state index is 0.0653. The Morgan fingerprint density at radius 3 is 2.85 bits per heavy atom. The first-order valence-corrected chi connectivity index (χ1v) is 6.52. The molecule has 0 fully saturated rings. The molecule has 5 heteroatoms. The van der Waals surface area contributed by atoms with E-state index in [1.165, 1.54) is 0 Å². The maximum Gasteiger partial charge on any atom is 0.243 e. The molecule has 0 atom stereocenters. The van der Waals surface area contributed by atoms with Gasteiger partial charge in [0.2, 0.25) is 5.91 Å². The molecule has 0 saturated heterocycles. The van der Waals surface area contributed by atoms with Gasteiger partial charge in [-0.1, -0.05) is 11.6 Å². The highest BCUT2D eigenvalue weighted by molar-refractivity contribution is 5.87. The molecule has 0 saturated carbocycles. The van der Waals surface area contributed by atoms with Crippen molar-refractivity contribution in [1.29, 1.82) is 0 Å². The van der Waals surface area contributed by atoms with E-state index < -0.39 is 0 Å². The fourth-order valence-corrected chi connectivity index (χ4v) is 1.83. The highest BCUT2D eigenvalue weighted by Gasteiger charge is 2.06. The van der Waals surface area contributed by atoms with Gasteiger partial charge in [0.15, 0.2) is 5.82 Å². The van der Waals surface area contributed by atoms with Gasteiger partial charge in [0, 0.05) is 37.8 Å². The van der Waals surface area contributed by atoms with Crippen molar-refractivity contribution in [1.82, 2.24) is 19.9 Å². The molecule has 0 spiro atoms. The highest BCUT2D eigenvalue weighted by Crippen LogP contribution is 2.13. The largest absolute Gasteiger partial charge is 0.351 e. The summed E-state index contributed by atoms with van der Waals surface area (Å²) < 4.78 is 1.98. The molecule has 1 N–H and O–H groups in total. The summed E-state index contributed by atoms with van der Waals surface area (Å²) in [5.41, 5.74) is 1.81. The van der Waals surface area contributed by atoms with Gasteiger partial charge in [-0.15, -0.1) is 0 Å². The van der Waals surface area contributed by atoms with Crippen molar-refractivity contribution in [3.05, 3.63) is 48.4 Å². The number of hydrogen-bond acceptors (Lipinski definition) is 3. The monoisotopic (exact) mass is 270 g/mol. The van der Waals surface area contributed by atoms with Crippen LogP contribution in [0.5, 0.6) is 0 Å². The molecule has 0 aliphatic carbocycles. The SMILES string of the molecule is CC(C)=CC(=O)NCCn1ccnc1-c1ccccn1. The minimum atomic E-state index is -0.0653. The Bertz CT molecular complexity index is 597. The Labute approximate surface area is 118 Å². The fraction of sp³-hybridized carbons (Fsp3) is 0.267. The van der Waals surface area contributed by atoms with E-state index in [4.69, 9.17) is 0 Å². The van der Waals surface area contributed by atoms with Crippen molar-refractivity contribution < 1.29 is 4.79 Å². The summed E-state index contributed by atoms with van der Waals surface area (Å²) in [6.45, 7) is 5.01. The Hall–Kier alpha value is -2.43. The number of imidazole rings is 1. The van der Waals surface area contributed by atoms with Crippen LogP contribution in [0.2, 0.25) is 0 Å². The molecule has 0 aliphatic rings. The average Bonchev–Trinajstić information content (AvgIpc) is 2.87. The summed E-state index contributed by atoms with van der Waals surface area (Å²) in [6, 6.07) is 5.72. The van der Waals surface area contributed by atoms with Crippen molar-refractivity contribution in [2.24, 2.45) is 0 Å². The van der Waals surface area contributed by atoms with Crippen LogP contribution in [-0.4, -0.2) is 27.0 Å². The third-order valence-electron chi connectivity index (χ3n) is 2.68. The maximum atomic E-state index is 11.5. The molecule has 0 aliphatic heterocycles. The standard InChI is InChI=1S/C15H18N4O/c1-12(2)11-14(20)17-7-9-19-10-8-18-15(19)13-5-3-4-6-16-13/h3-6,8,10-11H,7,9H2,1-2H3,(H,17,20). The van der Waals surface area contributed by atoms with Crippen LogP contribution < -0.4 is 5.32 Å². The number of carbonyl (C=O) groups excluding carboxylic acids is 1. The number of carbonyl (C=O) groups is 1. The zero-order valence-electron chi connectivity index (χ0n) is 11.7. The summed E-state index contributed by atoms with van der Waals surface area (Å²) in [6.07, 6.45) is 6.96. The van der Waals surface area contributed by atoms with E-state index in [1.807, 2.05) is 42.8 Å². The van der Waals surface area contributed by atoms with E-state index in [9.17, 15) is 4.79 Å². The quantitative estimate of drug-likeness (QED) is 0.846. The zero-order chi connectivity index (χ0) is 14.4. The van der Waals surface area contributed by atoms with E-state index in [2.05, 4.69) is 15.3 Å². The first kappa shape index (κ1) is 14.0. The van der Waals surface area contributed by atoms with E-state index in [-0.39, 0.29) is 5.91 Å². The number of nitrogens with one attached hydrogen (secondary N) is 1. The smallest absolute Gasteiger partial charge is 0.243 e. The molecule has 2 aromatic heterocycles. The molecule has 0 aromatic carbocycles. The van der Waals surface area contributed by atoms with Gasteiger partial charge in [-0.2, -0.15) is 0 Å². The molecule has 20 heavy (non-hydrogen) atoms. The Morgan fingerprint density at radius 1 is 1.30 bits per heavy atom. The summed E-state index contributed by atoms with van der Waals surface area (Å²) in [5, 5.41) is 2.85. The van der Waals surface area contributed by atoms with Gasteiger partial charge in [0.1, 0.15) is 5.69 Å². The van der Waals surface area contributed by atoms with Crippen molar-refractivity contribution in [3.8, 4) is 11.5 Å². The number of amides is 1. The molecular formula is C15H18N4O. The third-order valence-corrected chi connectivity index (χ3v) is 2.68. The number of aromatic nitrogens is 3. The van der Waals surface area contributed by atoms with Crippen LogP contribution in [0.4, 0.5) is 0 Å². The van der Waals surface area contributed by atoms with E-state index in [0.29, 0.717) is 13.1 Å². The van der Waals surface area contributed by atoms with Crippen LogP contribution in [0.15, 0.2) is 48.4 Å². The summed E-state index contributed by atoms with van der Waals surface area (Å²) in [7, 11) is 0. The zero-order valence-corrected chi connectivity index (χ0v) is 11.7. The van der Waals surface area contributed by atoms with Gasteiger partial charge < -0.3 is 9.88 Å². The highest BCUT2D eigenvalue weighted by atomic mass is 16.1. The van der Waals surface area contributed by atoms with Crippen molar-refractivity contribution in [3.63, 3.8) is 0 Å². The lowest BCUT2D eigenvalue weighted by Crippen LogP contribution is -2.25. The van der Waals surface area contributed by atoms with Crippen LogP contribution in [0.25, 0.3) is 11.5 Å². The molecule has 0 bridgehead atoms. The third kappa shape index (κ3) is 3.78. The summed E-state index contributed by atoms with van der Waals surface area (Å²) in [5.74, 6) is 0.742.